The van der Waals surface area contributed by atoms with Crippen LogP contribution in [0.1, 0.15) is 27.4 Å². The molecule has 2 rings (SSSR count). The van der Waals surface area contributed by atoms with E-state index < -0.39 is 0 Å². The van der Waals surface area contributed by atoms with Crippen molar-refractivity contribution >= 4 is 17.8 Å². The summed E-state index contributed by atoms with van der Waals surface area (Å²) < 4.78 is 5.32. The molecule has 1 amide bonds. The molecule has 1 heterocycles. The van der Waals surface area contributed by atoms with E-state index in [2.05, 4.69) is 10.5 Å². The number of hydrogen-bond donors (Lipinski definition) is 1. The van der Waals surface area contributed by atoms with Crippen LogP contribution in [0.3, 0.4) is 0 Å². The van der Waals surface area contributed by atoms with Crippen molar-refractivity contribution in [2.75, 3.05) is 19.0 Å². The van der Waals surface area contributed by atoms with Crippen molar-refractivity contribution < 1.29 is 9.21 Å². The van der Waals surface area contributed by atoms with Crippen LogP contribution in [0, 0.1) is 13.8 Å². The molecule has 0 saturated heterocycles. The minimum absolute atomic E-state index is 0.273. The van der Waals surface area contributed by atoms with E-state index in [9.17, 15) is 4.79 Å². The number of hydrazone groups is 1. The molecule has 0 atom stereocenters. The Balaban J connectivity index is 1.99. The number of hydrogen-bond acceptors (Lipinski definition) is 4. The van der Waals surface area contributed by atoms with Gasteiger partial charge in [-0.2, -0.15) is 5.10 Å². The van der Waals surface area contributed by atoms with Crippen LogP contribution in [0.15, 0.2) is 39.9 Å². The van der Waals surface area contributed by atoms with Gasteiger partial charge in [-0.3, -0.25) is 4.79 Å². The predicted molar refractivity (Wildman–Crippen MR) is 84.0 cm³/mol. The molecule has 5 heteroatoms. The van der Waals surface area contributed by atoms with Gasteiger partial charge in [0.1, 0.15) is 11.5 Å². The Morgan fingerprint density at radius 2 is 1.90 bits per heavy atom. The number of nitrogens with zero attached hydrogens (tertiary/aromatic N) is 2. The van der Waals surface area contributed by atoms with Gasteiger partial charge in [0.05, 0.1) is 11.8 Å². The maximum atomic E-state index is 11.9. The molecule has 1 aromatic carbocycles. The first-order chi connectivity index (χ1) is 9.97. The highest BCUT2D eigenvalue weighted by Gasteiger charge is 2.12. The standard InChI is InChI=1S/C16H19N3O2/c1-11-9-15(12(2)21-11)16(20)18-17-10-13-5-7-14(8-6-13)19(3)4/h5-10H,1-4H3,(H,18,20)/b17-10-. The molecule has 0 radical (unpaired) electrons. The summed E-state index contributed by atoms with van der Waals surface area (Å²) in [5.74, 6) is 1.03. The van der Waals surface area contributed by atoms with Crippen molar-refractivity contribution in [3.63, 3.8) is 0 Å². The minimum Gasteiger partial charge on any atom is -0.466 e. The van der Waals surface area contributed by atoms with Gasteiger partial charge in [0.15, 0.2) is 0 Å². The highest BCUT2D eigenvalue weighted by Crippen LogP contribution is 2.13. The first-order valence-electron chi connectivity index (χ1n) is 6.65. The van der Waals surface area contributed by atoms with E-state index in [4.69, 9.17) is 4.42 Å². The fourth-order valence-corrected chi connectivity index (χ4v) is 1.94. The number of aryl methyl sites for hydroxylation is 2. The van der Waals surface area contributed by atoms with E-state index in [0.717, 1.165) is 11.3 Å². The lowest BCUT2D eigenvalue weighted by molar-refractivity contribution is 0.0953. The fourth-order valence-electron chi connectivity index (χ4n) is 1.94. The minimum atomic E-state index is -0.273. The van der Waals surface area contributed by atoms with Crippen molar-refractivity contribution in [1.29, 1.82) is 0 Å². The molecule has 5 nitrogen and oxygen atoms in total. The zero-order valence-corrected chi connectivity index (χ0v) is 12.7. The van der Waals surface area contributed by atoms with Gasteiger partial charge in [-0.1, -0.05) is 12.1 Å². The third-order valence-electron chi connectivity index (χ3n) is 3.07. The van der Waals surface area contributed by atoms with Gasteiger partial charge >= 0.3 is 0 Å². The summed E-state index contributed by atoms with van der Waals surface area (Å²) in [6.45, 7) is 3.56. The van der Waals surface area contributed by atoms with Crippen LogP contribution in [0.5, 0.6) is 0 Å². The van der Waals surface area contributed by atoms with E-state index in [0.29, 0.717) is 17.1 Å². The zero-order chi connectivity index (χ0) is 15.4. The van der Waals surface area contributed by atoms with Crippen molar-refractivity contribution in [2.45, 2.75) is 13.8 Å². The lowest BCUT2D eigenvalue weighted by Gasteiger charge is -2.11. The summed E-state index contributed by atoms with van der Waals surface area (Å²) in [4.78, 5) is 13.9. The number of nitrogens with one attached hydrogen (secondary N) is 1. The monoisotopic (exact) mass is 285 g/mol. The zero-order valence-electron chi connectivity index (χ0n) is 12.7. The molecule has 0 aliphatic rings. The van der Waals surface area contributed by atoms with E-state index in [1.807, 2.05) is 43.3 Å². The average molecular weight is 285 g/mol. The molecule has 1 aromatic heterocycles. The van der Waals surface area contributed by atoms with Gasteiger partial charge in [-0.05, 0) is 37.6 Å². The highest BCUT2D eigenvalue weighted by molar-refractivity contribution is 5.95. The molecule has 110 valence electrons. The first-order valence-corrected chi connectivity index (χ1v) is 6.65. The quantitative estimate of drug-likeness (QED) is 0.694. The Labute approximate surface area is 124 Å². The van der Waals surface area contributed by atoms with Crippen LogP contribution in [-0.4, -0.2) is 26.2 Å². The molecular weight excluding hydrogens is 266 g/mol. The molecule has 0 spiro atoms. The predicted octanol–water partition coefficient (Wildman–Crippen LogP) is 2.73. The highest BCUT2D eigenvalue weighted by atomic mass is 16.3. The van der Waals surface area contributed by atoms with E-state index in [1.54, 1.807) is 26.1 Å². The van der Waals surface area contributed by atoms with Crippen LogP contribution >= 0.6 is 0 Å². The number of anilines is 1. The van der Waals surface area contributed by atoms with Crippen molar-refractivity contribution in [3.05, 3.63) is 53.0 Å². The smallest absolute Gasteiger partial charge is 0.274 e. The topological polar surface area (TPSA) is 57.8 Å². The Kier molecular flexibility index (Phi) is 4.42. The van der Waals surface area contributed by atoms with Crippen molar-refractivity contribution in [1.82, 2.24) is 5.43 Å². The number of carbonyl (C=O) groups excluding carboxylic acids is 1. The lowest BCUT2D eigenvalue weighted by atomic mass is 10.2. The Morgan fingerprint density at radius 3 is 2.43 bits per heavy atom. The number of amides is 1. The van der Waals surface area contributed by atoms with Gasteiger partial charge in [0.25, 0.3) is 5.91 Å². The number of benzene rings is 1. The third-order valence-corrected chi connectivity index (χ3v) is 3.07. The molecule has 21 heavy (non-hydrogen) atoms. The average Bonchev–Trinajstić information content (AvgIpc) is 2.78. The maximum absolute atomic E-state index is 11.9. The van der Waals surface area contributed by atoms with Crippen LogP contribution in [0.4, 0.5) is 5.69 Å². The first kappa shape index (κ1) is 14.8. The summed E-state index contributed by atoms with van der Waals surface area (Å²) in [5.41, 5.74) is 5.04. The summed E-state index contributed by atoms with van der Waals surface area (Å²) in [7, 11) is 3.97. The second-order valence-corrected chi connectivity index (χ2v) is 5.01. The van der Waals surface area contributed by atoms with Crippen molar-refractivity contribution in [3.8, 4) is 0 Å². The molecule has 2 aromatic rings. The second-order valence-electron chi connectivity index (χ2n) is 5.01. The van der Waals surface area contributed by atoms with Gasteiger partial charge in [-0.15, -0.1) is 0 Å². The van der Waals surface area contributed by atoms with Gasteiger partial charge in [0.2, 0.25) is 0 Å². The largest absolute Gasteiger partial charge is 0.466 e. The Bertz CT molecular complexity index is 655. The van der Waals surface area contributed by atoms with Crippen LogP contribution in [-0.2, 0) is 0 Å². The van der Waals surface area contributed by atoms with Crippen LogP contribution < -0.4 is 10.3 Å². The number of rotatable bonds is 4. The Morgan fingerprint density at radius 1 is 1.24 bits per heavy atom. The molecule has 0 aliphatic carbocycles. The normalized spacial score (nSPS) is 10.9. The van der Waals surface area contributed by atoms with Gasteiger partial charge in [-0.25, -0.2) is 5.43 Å². The summed E-state index contributed by atoms with van der Waals surface area (Å²) in [6.07, 6.45) is 1.61. The Hall–Kier alpha value is -2.56. The van der Waals surface area contributed by atoms with Crippen LogP contribution in [0.2, 0.25) is 0 Å². The van der Waals surface area contributed by atoms with Crippen molar-refractivity contribution in [2.24, 2.45) is 5.10 Å². The summed E-state index contributed by atoms with van der Waals surface area (Å²) in [5, 5.41) is 3.96. The van der Waals surface area contributed by atoms with Gasteiger partial charge < -0.3 is 9.32 Å². The second kappa shape index (κ2) is 6.26. The number of furan rings is 1. The fraction of sp³-hybridized carbons (Fsp3) is 0.250. The molecular formula is C16H19N3O2. The van der Waals surface area contributed by atoms with E-state index in [1.165, 1.54) is 0 Å². The van der Waals surface area contributed by atoms with E-state index >= 15 is 0 Å². The molecule has 0 aliphatic heterocycles. The van der Waals surface area contributed by atoms with Crippen LogP contribution in [0.25, 0.3) is 0 Å². The molecule has 0 saturated carbocycles. The number of carbonyl (C=O) groups is 1. The summed E-state index contributed by atoms with van der Waals surface area (Å²) >= 11 is 0. The third kappa shape index (κ3) is 3.72. The molecule has 0 bridgehead atoms. The summed E-state index contributed by atoms with van der Waals surface area (Å²) in [6, 6.07) is 9.57. The van der Waals surface area contributed by atoms with Gasteiger partial charge in [0, 0.05) is 19.8 Å². The molecule has 1 N–H and O–H groups in total. The molecule has 0 unspecified atom stereocenters. The maximum Gasteiger partial charge on any atom is 0.274 e. The molecule has 0 fully saturated rings. The lowest BCUT2D eigenvalue weighted by Crippen LogP contribution is -2.17. The SMILES string of the molecule is Cc1cc(C(=O)N/N=C\c2ccc(N(C)C)cc2)c(C)o1. The van der Waals surface area contributed by atoms with E-state index in [-0.39, 0.29) is 5.91 Å².